The summed E-state index contributed by atoms with van der Waals surface area (Å²) in [5.41, 5.74) is 2.75. The van der Waals surface area contributed by atoms with Crippen LogP contribution >= 0.6 is 0 Å². The molecule has 1 atom stereocenters. The quantitative estimate of drug-likeness (QED) is 0.517. The van der Waals surface area contributed by atoms with Crippen LogP contribution in [-0.4, -0.2) is 55.4 Å². The number of hydrogen-bond acceptors (Lipinski definition) is 7. The Hall–Kier alpha value is -3.59. The van der Waals surface area contributed by atoms with Crippen LogP contribution in [0.1, 0.15) is 13.0 Å². The second-order valence-electron chi connectivity index (χ2n) is 6.60. The molecule has 4 rings (SSSR count). The van der Waals surface area contributed by atoms with Crippen molar-refractivity contribution in [1.29, 1.82) is 0 Å². The second-order valence-corrected chi connectivity index (χ2v) is 6.60. The highest BCUT2D eigenvalue weighted by molar-refractivity contribution is 5.87. The highest BCUT2D eigenvalue weighted by atomic mass is 16.5. The van der Waals surface area contributed by atoms with Crippen LogP contribution in [0, 0.1) is 0 Å². The Morgan fingerprint density at radius 3 is 2.69 bits per heavy atom. The highest BCUT2D eigenvalue weighted by Gasteiger charge is 2.15. The predicted molar refractivity (Wildman–Crippen MR) is 107 cm³/mol. The Balaban J connectivity index is 1.75. The molecule has 9 nitrogen and oxygen atoms in total. The number of nitrogens with zero attached hydrogens (tertiary/aromatic N) is 5. The van der Waals surface area contributed by atoms with Gasteiger partial charge in [-0.3, -0.25) is 9.25 Å². The van der Waals surface area contributed by atoms with E-state index in [-0.39, 0.29) is 18.5 Å². The Bertz CT molecular complexity index is 1170. The van der Waals surface area contributed by atoms with Crippen molar-refractivity contribution in [3.8, 4) is 34.5 Å². The minimum atomic E-state index is -0.154. The Kier molecular flexibility index (Phi) is 4.81. The lowest BCUT2D eigenvalue weighted by Gasteiger charge is -2.08. The molecule has 0 radical (unpaired) electrons. The average Bonchev–Trinajstić information content (AvgIpc) is 3.37. The first kappa shape index (κ1) is 18.8. The largest absolute Gasteiger partial charge is 0.494 e. The van der Waals surface area contributed by atoms with Crippen molar-refractivity contribution in [3.05, 3.63) is 43.0 Å². The van der Waals surface area contributed by atoms with Crippen molar-refractivity contribution in [3.63, 3.8) is 0 Å². The molecule has 4 aromatic rings. The van der Waals surface area contributed by atoms with E-state index < -0.39 is 0 Å². The number of aliphatic hydroxyl groups is 1. The van der Waals surface area contributed by atoms with Gasteiger partial charge in [-0.15, -0.1) is 0 Å². The summed E-state index contributed by atoms with van der Waals surface area (Å²) in [4.78, 5) is 8.91. The van der Waals surface area contributed by atoms with E-state index in [1.807, 2.05) is 13.0 Å². The molecule has 2 N–H and O–H groups in total. The molecular weight excluding hydrogens is 374 g/mol. The number of hydrogen-bond donors (Lipinski definition) is 2. The molecule has 9 heteroatoms. The maximum absolute atomic E-state index is 10.6. The van der Waals surface area contributed by atoms with Gasteiger partial charge in [-0.25, -0.2) is 9.97 Å². The number of aromatic nitrogens is 5. The number of fused-ring (bicyclic) bond motifs is 1. The number of pyridine rings is 2. The first-order valence-corrected chi connectivity index (χ1v) is 9.00. The van der Waals surface area contributed by atoms with Crippen molar-refractivity contribution in [1.82, 2.24) is 24.3 Å². The first-order chi connectivity index (χ1) is 14.0. The van der Waals surface area contributed by atoms with Gasteiger partial charge in [0.2, 0.25) is 5.88 Å². The number of aliphatic hydroxyl groups excluding tert-OH is 1. The summed E-state index contributed by atoms with van der Waals surface area (Å²) >= 11 is 0. The summed E-state index contributed by atoms with van der Waals surface area (Å²) in [5, 5.41) is 24.8. The van der Waals surface area contributed by atoms with Gasteiger partial charge in [-0.1, -0.05) is 0 Å². The van der Waals surface area contributed by atoms with Crippen LogP contribution in [0.2, 0.25) is 0 Å². The SMILES string of the molecule is COc1cc(-c2ccc3c(O)n(-c4cnn([C@H](C)CO)c4)cc3n2)cnc1OC. The Morgan fingerprint density at radius 2 is 1.97 bits per heavy atom. The standard InChI is InChI=1S/C20H21N5O4/c1-12(11-26)25-9-14(8-22-25)24-10-17-15(20(24)27)4-5-16(23-17)13-6-18(28-2)19(29-3)21-7-13/h4-10,12,26-27H,11H2,1-3H3/t12-/m1/s1. The molecule has 0 saturated heterocycles. The second kappa shape index (κ2) is 7.44. The summed E-state index contributed by atoms with van der Waals surface area (Å²) in [7, 11) is 3.08. The third kappa shape index (κ3) is 3.25. The zero-order valence-electron chi connectivity index (χ0n) is 16.3. The van der Waals surface area contributed by atoms with E-state index in [4.69, 9.17) is 9.47 Å². The molecule has 0 aromatic carbocycles. The third-order valence-corrected chi connectivity index (χ3v) is 4.75. The number of aromatic hydroxyl groups is 1. The van der Waals surface area contributed by atoms with E-state index in [1.54, 1.807) is 53.3 Å². The average molecular weight is 395 g/mol. The minimum absolute atomic E-state index is 0.0228. The van der Waals surface area contributed by atoms with Crippen LogP contribution in [0.3, 0.4) is 0 Å². The molecule has 0 saturated carbocycles. The van der Waals surface area contributed by atoms with Crippen molar-refractivity contribution >= 4 is 10.9 Å². The molecule has 0 aliphatic heterocycles. The Morgan fingerprint density at radius 1 is 1.14 bits per heavy atom. The number of rotatable bonds is 6. The molecule has 4 heterocycles. The number of methoxy groups -OCH3 is 2. The molecule has 150 valence electrons. The van der Waals surface area contributed by atoms with E-state index in [0.717, 1.165) is 5.56 Å². The minimum Gasteiger partial charge on any atom is -0.494 e. The van der Waals surface area contributed by atoms with E-state index in [1.165, 1.54) is 7.11 Å². The normalized spacial score (nSPS) is 12.3. The lowest BCUT2D eigenvalue weighted by Crippen LogP contribution is -2.09. The Labute approximate surface area is 166 Å². The zero-order chi connectivity index (χ0) is 20.5. The third-order valence-electron chi connectivity index (χ3n) is 4.75. The van der Waals surface area contributed by atoms with Gasteiger partial charge in [-0.05, 0) is 25.1 Å². The molecule has 0 unspecified atom stereocenters. The van der Waals surface area contributed by atoms with Crippen LogP contribution in [-0.2, 0) is 0 Å². The van der Waals surface area contributed by atoms with E-state index in [9.17, 15) is 10.2 Å². The fraction of sp³-hybridized carbons (Fsp3) is 0.250. The molecule has 4 aromatic heterocycles. The summed E-state index contributed by atoms with van der Waals surface area (Å²) < 4.78 is 13.7. The predicted octanol–water partition coefficient (Wildman–Crippen LogP) is 2.56. The lowest BCUT2D eigenvalue weighted by molar-refractivity contribution is 0.230. The van der Waals surface area contributed by atoms with Crippen LogP contribution in [0.5, 0.6) is 17.5 Å². The van der Waals surface area contributed by atoms with Gasteiger partial charge < -0.3 is 19.7 Å². The monoisotopic (exact) mass is 395 g/mol. The van der Waals surface area contributed by atoms with Crippen LogP contribution in [0.15, 0.2) is 43.0 Å². The van der Waals surface area contributed by atoms with E-state index in [2.05, 4.69) is 15.1 Å². The summed E-state index contributed by atoms with van der Waals surface area (Å²) in [6.45, 7) is 1.83. The fourth-order valence-electron chi connectivity index (χ4n) is 3.08. The highest BCUT2D eigenvalue weighted by Crippen LogP contribution is 2.33. The summed E-state index contributed by atoms with van der Waals surface area (Å²) in [5.74, 6) is 0.980. The van der Waals surface area contributed by atoms with Crippen molar-refractivity contribution < 1.29 is 19.7 Å². The van der Waals surface area contributed by atoms with Crippen molar-refractivity contribution in [2.75, 3.05) is 20.8 Å². The maximum Gasteiger partial charge on any atom is 0.256 e. The van der Waals surface area contributed by atoms with Gasteiger partial charge in [0, 0.05) is 24.2 Å². The van der Waals surface area contributed by atoms with Crippen molar-refractivity contribution in [2.45, 2.75) is 13.0 Å². The molecule has 0 spiro atoms. The van der Waals surface area contributed by atoms with Crippen LogP contribution in [0.4, 0.5) is 0 Å². The van der Waals surface area contributed by atoms with E-state index in [0.29, 0.717) is 33.9 Å². The summed E-state index contributed by atoms with van der Waals surface area (Å²) in [6.07, 6.45) is 6.79. The molecule has 0 bridgehead atoms. The molecule has 0 fully saturated rings. The molecule has 0 amide bonds. The van der Waals surface area contributed by atoms with E-state index >= 15 is 0 Å². The topological polar surface area (TPSA) is 107 Å². The zero-order valence-corrected chi connectivity index (χ0v) is 16.3. The van der Waals surface area contributed by atoms with Crippen LogP contribution < -0.4 is 9.47 Å². The lowest BCUT2D eigenvalue weighted by atomic mass is 10.1. The van der Waals surface area contributed by atoms with Gasteiger partial charge >= 0.3 is 0 Å². The smallest absolute Gasteiger partial charge is 0.256 e. The van der Waals surface area contributed by atoms with Gasteiger partial charge in [-0.2, -0.15) is 5.10 Å². The maximum atomic E-state index is 10.6. The molecule has 0 aliphatic carbocycles. The van der Waals surface area contributed by atoms with Gasteiger partial charge in [0.15, 0.2) is 5.75 Å². The van der Waals surface area contributed by atoms with Gasteiger partial charge in [0.1, 0.15) is 0 Å². The molecule has 29 heavy (non-hydrogen) atoms. The molecular formula is C20H21N5O4. The van der Waals surface area contributed by atoms with Crippen LogP contribution in [0.25, 0.3) is 27.8 Å². The van der Waals surface area contributed by atoms with Gasteiger partial charge in [0.25, 0.3) is 5.88 Å². The number of ether oxygens (including phenoxy) is 2. The van der Waals surface area contributed by atoms with Crippen molar-refractivity contribution in [2.24, 2.45) is 0 Å². The fourth-order valence-corrected chi connectivity index (χ4v) is 3.08. The molecule has 0 aliphatic rings. The first-order valence-electron chi connectivity index (χ1n) is 9.00. The van der Waals surface area contributed by atoms with Gasteiger partial charge in [0.05, 0.1) is 55.3 Å². The summed E-state index contributed by atoms with van der Waals surface area (Å²) in [6, 6.07) is 5.27.